The van der Waals surface area contributed by atoms with Crippen LogP contribution in [0.5, 0.6) is 0 Å². The Morgan fingerprint density at radius 3 is 2.56 bits per heavy atom. The lowest BCUT2D eigenvalue weighted by Crippen LogP contribution is -2.61. The van der Waals surface area contributed by atoms with Crippen molar-refractivity contribution < 1.29 is 49.2 Å². The number of fused-ring (bicyclic) bond motifs is 3. The third kappa shape index (κ3) is 2.27. The fourth-order valence-corrected chi connectivity index (χ4v) is 4.79. The molecule has 0 aromatic rings. The van der Waals surface area contributed by atoms with E-state index >= 15 is 0 Å². The molecular formula is C15H22O10. The van der Waals surface area contributed by atoms with Crippen LogP contribution in [0.3, 0.4) is 0 Å². The maximum absolute atomic E-state index is 11.0. The van der Waals surface area contributed by atoms with Crippen LogP contribution in [0.4, 0.5) is 0 Å². The molecule has 1 saturated carbocycles. The van der Waals surface area contributed by atoms with Crippen molar-refractivity contribution in [3.8, 4) is 0 Å². The highest BCUT2D eigenvalue weighted by molar-refractivity contribution is 5.20. The molecule has 0 aromatic carbocycles. The second-order valence-corrected chi connectivity index (χ2v) is 7.52. The summed E-state index contributed by atoms with van der Waals surface area (Å²) in [5.41, 5.74) is -1.24. The summed E-state index contributed by atoms with van der Waals surface area (Å²) in [5.74, 6) is -0.409. The average Bonchev–Trinajstić information content (AvgIpc) is 3.38. The summed E-state index contributed by atoms with van der Waals surface area (Å²) >= 11 is 0. The van der Waals surface area contributed by atoms with E-state index in [0.717, 1.165) is 0 Å². The van der Waals surface area contributed by atoms with Gasteiger partial charge in [-0.2, -0.15) is 0 Å². The molecule has 1 unspecified atom stereocenters. The molecule has 4 bridgehead atoms. The Balaban J connectivity index is 1.37. The Hall–Kier alpha value is -0.400. The fourth-order valence-electron chi connectivity index (χ4n) is 4.79. The van der Waals surface area contributed by atoms with Gasteiger partial charge in [-0.25, -0.2) is 0 Å². The monoisotopic (exact) mass is 362 g/mol. The lowest BCUT2D eigenvalue weighted by atomic mass is 9.82. The highest BCUT2D eigenvalue weighted by Gasteiger charge is 2.75. The van der Waals surface area contributed by atoms with Crippen molar-refractivity contribution in [1.82, 2.24) is 0 Å². The predicted octanol–water partition coefficient (Wildman–Crippen LogP) is -3.35. The summed E-state index contributed by atoms with van der Waals surface area (Å²) < 4.78 is 28.0. The Bertz CT molecular complexity index is 544. The number of aliphatic hydroxyl groups is 5. The fraction of sp³-hybridized carbons (Fsp3) is 1.00. The van der Waals surface area contributed by atoms with Crippen molar-refractivity contribution in [2.45, 2.75) is 67.5 Å². The summed E-state index contributed by atoms with van der Waals surface area (Å²) in [6.07, 6.45) is -8.17. The van der Waals surface area contributed by atoms with Crippen LogP contribution in [0, 0.1) is 11.8 Å². The first-order chi connectivity index (χ1) is 11.9. The minimum Gasteiger partial charge on any atom is -0.394 e. The first-order valence-electron chi connectivity index (χ1n) is 8.55. The first-order valence-corrected chi connectivity index (χ1v) is 8.55. The van der Waals surface area contributed by atoms with Gasteiger partial charge in [-0.1, -0.05) is 0 Å². The largest absolute Gasteiger partial charge is 0.394 e. The molecule has 12 atom stereocenters. The third-order valence-electron chi connectivity index (χ3n) is 6.14. The van der Waals surface area contributed by atoms with Crippen LogP contribution >= 0.6 is 0 Å². The molecule has 5 saturated heterocycles. The van der Waals surface area contributed by atoms with E-state index in [2.05, 4.69) is 0 Å². The molecule has 5 aliphatic heterocycles. The molecule has 1 aliphatic carbocycles. The number of ether oxygens (including phenoxy) is 5. The zero-order chi connectivity index (χ0) is 17.5. The minimum absolute atomic E-state index is 0.00568. The molecule has 0 aromatic heterocycles. The van der Waals surface area contributed by atoms with Crippen LogP contribution in [-0.4, -0.2) is 99.8 Å². The van der Waals surface area contributed by atoms with Crippen molar-refractivity contribution in [2.24, 2.45) is 11.8 Å². The first kappa shape index (κ1) is 16.8. The van der Waals surface area contributed by atoms with Crippen molar-refractivity contribution in [1.29, 1.82) is 0 Å². The quantitative estimate of drug-likeness (QED) is 0.322. The van der Waals surface area contributed by atoms with Gasteiger partial charge in [0.2, 0.25) is 0 Å². The van der Waals surface area contributed by atoms with Gasteiger partial charge in [0.15, 0.2) is 18.9 Å². The smallest absolute Gasteiger partial charge is 0.189 e. The SMILES string of the molecule is OC[C@H]1O[C@@H](O[C@@H]2O[C@@H]3C[C@H]4[C@@H]5O[C@@H]5C(O)(CO3)[C@@H]24)[C@H](O)[C@@H](O)[C@@H]1O. The van der Waals surface area contributed by atoms with Gasteiger partial charge in [-0.15, -0.1) is 0 Å². The van der Waals surface area contributed by atoms with Gasteiger partial charge >= 0.3 is 0 Å². The second-order valence-electron chi connectivity index (χ2n) is 7.52. The Morgan fingerprint density at radius 1 is 1.00 bits per heavy atom. The zero-order valence-electron chi connectivity index (χ0n) is 13.2. The molecule has 5 heterocycles. The highest BCUT2D eigenvalue weighted by atomic mass is 16.8. The van der Waals surface area contributed by atoms with Crippen LogP contribution in [0.25, 0.3) is 0 Å². The maximum atomic E-state index is 11.0. The van der Waals surface area contributed by atoms with Gasteiger partial charge in [0.25, 0.3) is 0 Å². The van der Waals surface area contributed by atoms with Crippen LogP contribution in [0.15, 0.2) is 0 Å². The van der Waals surface area contributed by atoms with Crippen LogP contribution < -0.4 is 0 Å². The van der Waals surface area contributed by atoms with Gasteiger partial charge < -0.3 is 49.2 Å². The second kappa shape index (κ2) is 5.55. The predicted molar refractivity (Wildman–Crippen MR) is 74.7 cm³/mol. The Kier molecular flexibility index (Phi) is 3.72. The van der Waals surface area contributed by atoms with Crippen molar-refractivity contribution in [3.05, 3.63) is 0 Å². The van der Waals surface area contributed by atoms with Crippen molar-refractivity contribution >= 4 is 0 Å². The molecule has 0 amide bonds. The van der Waals surface area contributed by atoms with E-state index in [4.69, 9.17) is 23.7 Å². The Morgan fingerprint density at radius 2 is 1.80 bits per heavy atom. The maximum Gasteiger partial charge on any atom is 0.189 e. The summed E-state index contributed by atoms with van der Waals surface area (Å²) in [6, 6.07) is 0. The molecule has 0 spiro atoms. The number of hydrogen-bond acceptors (Lipinski definition) is 10. The molecular weight excluding hydrogens is 340 g/mol. The van der Waals surface area contributed by atoms with E-state index < -0.39 is 61.4 Å². The van der Waals surface area contributed by atoms with Crippen LogP contribution in [0.2, 0.25) is 0 Å². The lowest BCUT2D eigenvalue weighted by Gasteiger charge is -2.44. The van der Waals surface area contributed by atoms with E-state index in [1.54, 1.807) is 0 Å². The van der Waals surface area contributed by atoms with Gasteiger partial charge in [0.1, 0.15) is 36.1 Å². The number of aliphatic hydroxyl groups excluding tert-OH is 4. The van der Waals surface area contributed by atoms with E-state index in [1.807, 2.05) is 0 Å². The van der Waals surface area contributed by atoms with Crippen LogP contribution in [0.1, 0.15) is 6.42 Å². The van der Waals surface area contributed by atoms with Gasteiger partial charge in [0, 0.05) is 18.3 Å². The molecule has 142 valence electrons. The van der Waals surface area contributed by atoms with Gasteiger partial charge in [-0.3, -0.25) is 0 Å². The summed E-state index contributed by atoms with van der Waals surface area (Å²) in [7, 11) is 0. The average molecular weight is 362 g/mol. The van der Waals surface area contributed by atoms with E-state index in [9.17, 15) is 25.5 Å². The minimum atomic E-state index is -1.54. The molecule has 6 fully saturated rings. The zero-order valence-corrected chi connectivity index (χ0v) is 13.2. The molecule has 25 heavy (non-hydrogen) atoms. The molecule has 10 heteroatoms. The van der Waals surface area contributed by atoms with E-state index in [1.165, 1.54) is 0 Å². The van der Waals surface area contributed by atoms with Gasteiger partial charge in [-0.05, 0) is 0 Å². The topological polar surface area (TPSA) is 151 Å². The summed E-state index contributed by atoms with van der Waals surface area (Å²) in [6.45, 7) is -0.468. The molecule has 6 rings (SSSR count). The standard InChI is InChI=1S/C15H22O10/c16-2-5-8(17)9(18)10(19)14(22-5)25-13-7-4-1-6(23-13)21-3-15(7,20)12-11(4)24-12/h4-14,16-20H,1-3H2/t4-,5-,6-,7-,8-,9+,10-,11+,12+,13+,14+,15?/m1/s1. The summed E-state index contributed by atoms with van der Waals surface area (Å²) in [5, 5.41) is 50.2. The van der Waals surface area contributed by atoms with E-state index in [0.29, 0.717) is 6.42 Å². The number of hydrogen-bond donors (Lipinski definition) is 5. The third-order valence-corrected chi connectivity index (χ3v) is 6.14. The van der Waals surface area contributed by atoms with Gasteiger partial charge in [0.05, 0.1) is 19.3 Å². The van der Waals surface area contributed by atoms with Crippen molar-refractivity contribution in [2.75, 3.05) is 13.2 Å². The normalized spacial score (nSPS) is 62.5. The molecule has 5 N–H and O–H groups in total. The molecule has 0 radical (unpaired) electrons. The molecule has 10 nitrogen and oxygen atoms in total. The lowest BCUT2D eigenvalue weighted by molar-refractivity contribution is -0.371. The molecule has 6 aliphatic rings. The number of rotatable bonds is 3. The van der Waals surface area contributed by atoms with Crippen molar-refractivity contribution in [3.63, 3.8) is 0 Å². The number of epoxide rings is 1. The Labute approximate surface area is 142 Å². The van der Waals surface area contributed by atoms with E-state index in [-0.39, 0.29) is 24.7 Å². The highest BCUT2D eigenvalue weighted by Crippen LogP contribution is 2.60. The summed E-state index contributed by atoms with van der Waals surface area (Å²) in [4.78, 5) is 0. The van der Waals surface area contributed by atoms with Crippen LogP contribution in [-0.2, 0) is 23.7 Å².